The van der Waals surface area contributed by atoms with Gasteiger partial charge in [-0.3, -0.25) is 9.59 Å². The first-order chi connectivity index (χ1) is 8.28. The van der Waals surface area contributed by atoms with Gasteiger partial charge in [0.05, 0.1) is 6.54 Å². The Balaban J connectivity index is 2.49. The van der Waals surface area contributed by atoms with E-state index >= 15 is 0 Å². The number of benzene rings is 1. The summed E-state index contributed by atoms with van der Waals surface area (Å²) in [6.07, 6.45) is 0. The zero-order valence-corrected chi connectivity index (χ0v) is 10.9. The Morgan fingerprint density at radius 3 is 2.50 bits per heavy atom. The summed E-state index contributed by atoms with van der Waals surface area (Å²) in [6, 6.07) is 6.60. The molecule has 0 fully saturated rings. The summed E-state index contributed by atoms with van der Waals surface area (Å²) in [7, 11) is 0. The molecule has 5 heteroatoms. The molecule has 0 radical (unpaired) electrons. The molecule has 5 nitrogen and oxygen atoms in total. The van der Waals surface area contributed by atoms with Crippen LogP contribution in [0.2, 0.25) is 0 Å². The second kappa shape index (κ2) is 5.53. The molecule has 0 aliphatic heterocycles. The fourth-order valence-corrected chi connectivity index (χ4v) is 1.40. The van der Waals surface area contributed by atoms with Gasteiger partial charge in [-0.05, 0) is 39.0 Å². The average molecular weight is 249 g/mol. The lowest BCUT2D eigenvalue weighted by atomic mass is 10.1. The lowest BCUT2D eigenvalue weighted by Crippen LogP contribution is -2.45. The summed E-state index contributed by atoms with van der Waals surface area (Å²) in [4.78, 5) is 23.2. The zero-order chi connectivity index (χ0) is 13.8. The van der Waals surface area contributed by atoms with Crippen LogP contribution in [0.25, 0.3) is 0 Å². The van der Waals surface area contributed by atoms with Crippen molar-refractivity contribution >= 4 is 17.5 Å². The summed E-state index contributed by atoms with van der Waals surface area (Å²) >= 11 is 0. The number of carbonyl (C=O) groups is 2. The van der Waals surface area contributed by atoms with Crippen LogP contribution in [0, 0.1) is 0 Å². The van der Waals surface area contributed by atoms with Crippen molar-refractivity contribution < 1.29 is 9.59 Å². The highest BCUT2D eigenvalue weighted by molar-refractivity contribution is 5.97. The smallest absolute Gasteiger partial charge is 0.251 e. The monoisotopic (exact) mass is 249 g/mol. The molecule has 0 atom stereocenters. The van der Waals surface area contributed by atoms with Crippen molar-refractivity contribution in [2.24, 2.45) is 0 Å². The maximum Gasteiger partial charge on any atom is 0.251 e. The van der Waals surface area contributed by atoms with E-state index in [1.807, 2.05) is 20.8 Å². The minimum Gasteiger partial charge on any atom is -0.399 e. The van der Waals surface area contributed by atoms with Crippen LogP contribution in [0.4, 0.5) is 5.69 Å². The molecular weight excluding hydrogens is 230 g/mol. The first-order valence-corrected chi connectivity index (χ1v) is 5.73. The van der Waals surface area contributed by atoms with Gasteiger partial charge in [-0.2, -0.15) is 0 Å². The van der Waals surface area contributed by atoms with E-state index in [-0.39, 0.29) is 23.9 Å². The van der Waals surface area contributed by atoms with Crippen molar-refractivity contribution in [3.05, 3.63) is 29.8 Å². The van der Waals surface area contributed by atoms with Gasteiger partial charge in [0.25, 0.3) is 5.91 Å². The second-order valence-corrected chi connectivity index (χ2v) is 5.11. The van der Waals surface area contributed by atoms with Crippen molar-refractivity contribution in [1.29, 1.82) is 0 Å². The van der Waals surface area contributed by atoms with Crippen LogP contribution in [0.5, 0.6) is 0 Å². The molecule has 1 aromatic rings. The second-order valence-electron chi connectivity index (χ2n) is 5.11. The van der Waals surface area contributed by atoms with Crippen LogP contribution in [0.1, 0.15) is 31.1 Å². The number of carbonyl (C=O) groups excluding carboxylic acids is 2. The number of nitrogens with two attached hydrogens (primary N) is 1. The normalized spacial score (nSPS) is 10.8. The first-order valence-electron chi connectivity index (χ1n) is 5.73. The van der Waals surface area contributed by atoms with Gasteiger partial charge < -0.3 is 16.4 Å². The van der Waals surface area contributed by atoms with Gasteiger partial charge in [0.2, 0.25) is 5.91 Å². The van der Waals surface area contributed by atoms with E-state index < -0.39 is 0 Å². The fraction of sp³-hybridized carbons (Fsp3) is 0.385. The lowest BCUT2D eigenvalue weighted by molar-refractivity contribution is -0.121. The van der Waals surface area contributed by atoms with Gasteiger partial charge in [0, 0.05) is 16.8 Å². The predicted octanol–water partition coefficient (Wildman–Crippen LogP) is 0.913. The summed E-state index contributed by atoms with van der Waals surface area (Å²) in [5.74, 6) is -0.536. The van der Waals surface area contributed by atoms with Gasteiger partial charge in [-0.15, -0.1) is 0 Å². The molecule has 0 heterocycles. The number of amides is 2. The Hall–Kier alpha value is -2.04. The summed E-state index contributed by atoms with van der Waals surface area (Å²) in [5.41, 5.74) is 6.23. The van der Waals surface area contributed by atoms with Crippen molar-refractivity contribution in [3.63, 3.8) is 0 Å². The molecule has 0 aromatic heterocycles. The number of nitrogens with one attached hydrogen (secondary N) is 2. The van der Waals surface area contributed by atoms with E-state index in [1.54, 1.807) is 24.3 Å². The highest BCUT2D eigenvalue weighted by Gasteiger charge is 2.14. The van der Waals surface area contributed by atoms with Crippen molar-refractivity contribution in [3.8, 4) is 0 Å². The molecule has 2 amide bonds. The number of nitrogen functional groups attached to an aromatic ring is 1. The van der Waals surface area contributed by atoms with Gasteiger partial charge in [0.15, 0.2) is 0 Å². The summed E-state index contributed by atoms with van der Waals surface area (Å²) in [6.45, 7) is 5.59. The molecule has 0 bridgehead atoms. The number of hydrogen-bond acceptors (Lipinski definition) is 3. The van der Waals surface area contributed by atoms with Gasteiger partial charge in [-0.25, -0.2) is 0 Å². The van der Waals surface area contributed by atoms with Crippen molar-refractivity contribution in [2.45, 2.75) is 26.3 Å². The molecular formula is C13H19N3O2. The van der Waals surface area contributed by atoms with E-state index in [0.29, 0.717) is 11.3 Å². The summed E-state index contributed by atoms with van der Waals surface area (Å²) in [5, 5.41) is 5.30. The molecule has 0 spiro atoms. The van der Waals surface area contributed by atoms with E-state index in [9.17, 15) is 9.59 Å². The molecule has 1 aromatic carbocycles. The van der Waals surface area contributed by atoms with Gasteiger partial charge >= 0.3 is 0 Å². The third kappa shape index (κ3) is 4.86. The van der Waals surface area contributed by atoms with Crippen LogP contribution in [-0.4, -0.2) is 23.9 Å². The molecule has 0 saturated carbocycles. The molecule has 0 aliphatic rings. The fourth-order valence-electron chi connectivity index (χ4n) is 1.40. The Kier molecular flexibility index (Phi) is 4.31. The Bertz CT molecular complexity index is 450. The molecule has 1 rings (SSSR count). The first kappa shape index (κ1) is 14.0. The van der Waals surface area contributed by atoms with Crippen molar-refractivity contribution in [1.82, 2.24) is 10.6 Å². The van der Waals surface area contributed by atoms with Gasteiger partial charge in [-0.1, -0.05) is 6.07 Å². The quantitative estimate of drug-likeness (QED) is 0.696. The standard InChI is InChI=1S/C13H19N3O2/c1-13(2,3)16-11(17)8-15-12(18)9-5-4-6-10(14)7-9/h4-7H,8,14H2,1-3H3,(H,15,18)(H,16,17). The molecule has 98 valence electrons. The third-order valence-corrected chi connectivity index (χ3v) is 2.07. The highest BCUT2D eigenvalue weighted by atomic mass is 16.2. The van der Waals surface area contributed by atoms with Gasteiger partial charge in [0.1, 0.15) is 0 Å². The van der Waals surface area contributed by atoms with Crippen LogP contribution in [-0.2, 0) is 4.79 Å². The molecule has 0 unspecified atom stereocenters. The molecule has 4 N–H and O–H groups in total. The minimum atomic E-state index is -0.314. The topological polar surface area (TPSA) is 84.2 Å². The average Bonchev–Trinajstić information content (AvgIpc) is 2.23. The van der Waals surface area contributed by atoms with Crippen LogP contribution < -0.4 is 16.4 Å². The Morgan fingerprint density at radius 1 is 1.28 bits per heavy atom. The van der Waals surface area contributed by atoms with Crippen LogP contribution >= 0.6 is 0 Å². The molecule has 0 saturated heterocycles. The van der Waals surface area contributed by atoms with Crippen molar-refractivity contribution in [2.75, 3.05) is 12.3 Å². The molecule has 0 aliphatic carbocycles. The Morgan fingerprint density at radius 2 is 1.94 bits per heavy atom. The van der Waals surface area contributed by atoms with Crippen LogP contribution in [0.3, 0.4) is 0 Å². The third-order valence-electron chi connectivity index (χ3n) is 2.07. The molecule has 18 heavy (non-hydrogen) atoms. The van der Waals surface area contributed by atoms with E-state index in [0.717, 1.165) is 0 Å². The number of hydrogen-bond donors (Lipinski definition) is 3. The minimum absolute atomic E-state index is 0.0507. The number of anilines is 1. The Labute approximate surface area is 107 Å². The van der Waals surface area contributed by atoms with E-state index in [1.165, 1.54) is 0 Å². The zero-order valence-electron chi connectivity index (χ0n) is 10.9. The van der Waals surface area contributed by atoms with Crippen LogP contribution in [0.15, 0.2) is 24.3 Å². The lowest BCUT2D eigenvalue weighted by Gasteiger charge is -2.20. The summed E-state index contributed by atoms with van der Waals surface area (Å²) < 4.78 is 0. The maximum atomic E-state index is 11.7. The SMILES string of the molecule is CC(C)(C)NC(=O)CNC(=O)c1cccc(N)c1. The highest BCUT2D eigenvalue weighted by Crippen LogP contribution is 2.05. The maximum absolute atomic E-state index is 11.7. The largest absolute Gasteiger partial charge is 0.399 e. The number of rotatable bonds is 3. The van der Waals surface area contributed by atoms with E-state index in [2.05, 4.69) is 10.6 Å². The van der Waals surface area contributed by atoms with E-state index in [4.69, 9.17) is 5.73 Å². The predicted molar refractivity (Wildman–Crippen MR) is 71.1 cm³/mol.